The van der Waals surface area contributed by atoms with E-state index in [1.165, 1.54) is 0 Å². The molecular formula is C18H21N3O2. The van der Waals surface area contributed by atoms with Crippen molar-refractivity contribution in [2.24, 2.45) is 5.73 Å². The molecule has 0 aliphatic carbocycles. The molecule has 1 aromatic heterocycles. The molecule has 2 heterocycles. The first-order valence-electron chi connectivity index (χ1n) is 7.92. The molecule has 1 amide bonds. The molecule has 0 spiro atoms. The van der Waals surface area contributed by atoms with Crippen molar-refractivity contribution in [3.63, 3.8) is 0 Å². The summed E-state index contributed by atoms with van der Waals surface area (Å²) in [4.78, 5) is 18.6. The number of pyridine rings is 1. The van der Waals surface area contributed by atoms with Crippen LogP contribution >= 0.6 is 0 Å². The summed E-state index contributed by atoms with van der Waals surface area (Å²) >= 11 is 0. The van der Waals surface area contributed by atoms with E-state index in [-0.39, 0.29) is 12.0 Å². The van der Waals surface area contributed by atoms with Gasteiger partial charge in [0.1, 0.15) is 6.10 Å². The van der Waals surface area contributed by atoms with Gasteiger partial charge in [-0.1, -0.05) is 18.2 Å². The van der Waals surface area contributed by atoms with Crippen LogP contribution in [0.4, 0.5) is 0 Å². The Balaban J connectivity index is 1.65. The van der Waals surface area contributed by atoms with Gasteiger partial charge in [0.15, 0.2) is 0 Å². The van der Waals surface area contributed by atoms with Gasteiger partial charge in [-0.25, -0.2) is 4.98 Å². The van der Waals surface area contributed by atoms with Crippen molar-refractivity contribution >= 4 is 5.91 Å². The van der Waals surface area contributed by atoms with E-state index in [9.17, 15) is 4.79 Å². The van der Waals surface area contributed by atoms with Gasteiger partial charge in [0.05, 0.1) is 6.54 Å². The van der Waals surface area contributed by atoms with Crippen molar-refractivity contribution in [1.82, 2.24) is 9.88 Å². The van der Waals surface area contributed by atoms with Crippen LogP contribution in [0.1, 0.15) is 28.8 Å². The lowest BCUT2D eigenvalue weighted by atomic mass is 10.1. The Morgan fingerprint density at radius 1 is 1.30 bits per heavy atom. The highest BCUT2D eigenvalue weighted by atomic mass is 16.5. The first kappa shape index (κ1) is 15.5. The van der Waals surface area contributed by atoms with Crippen LogP contribution in [0.15, 0.2) is 48.7 Å². The molecular weight excluding hydrogens is 290 g/mol. The molecule has 0 bridgehead atoms. The maximum atomic E-state index is 12.5. The van der Waals surface area contributed by atoms with Crippen LogP contribution < -0.4 is 10.5 Å². The number of nitrogens with two attached hydrogens (primary N) is 1. The number of hydrogen-bond acceptors (Lipinski definition) is 4. The third-order valence-corrected chi connectivity index (χ3v) is 4.01. The van der Waals surface area contributed by atoms with Crippen LogP contribution in [0.5, 0.6) is 5.88 Å². The zero-order valence-electron chi connectivity index (χ0n) is 13.0. The fourth-order valence-corrected chi connectivity index (χ4v) is 2.79. The maximum Gasteiger partial charge on any atom is 0.253 e. The average molecular weight is 311 g/mol. The lowest BCUT2D eigenvalue weighted by Crippen LogP contribution is -2.44. The van der Waals surface area contributed by atoms with Crippen molar-refractivity contribution < 1.29 is 9.53 Å². The van der Waals surface area contributed by atoms with Crippen LogP contribution in [-0.2, 0) is 6.54 Å². The number of amides is 1. The predicted molar refractivity (Wildman–Crippen MR) is 88.1 cm³/mol. The molecule has 5 heteroatoms. The maximum absolute atomic E-state index is 12.5. The fourth-order valence-electron chi connectivity index (χ4n) is 2.79. The van der Waals surface area contributed by atoms with Gasteiger partial charge < -0.3 is 15.4 Å². The Labute approximate surface area is 136 Å². The molecule has 1 aliphatic heterocycles. The number of aromatic nitrogens is 1. The van der Waals surface area contributed by atoms with Gasteiger partial charge in [0, 0.05) is 30.9 Å². The molecule has 120 valence electrons. The van der Waals surface area contributed by atoms with Crippen molar-refractivity contribution in [3.05, 3.63) is 59.8 Å². The lowest BCUT2D eigenvalue weighted by Gasteiger charge is -2.32. The van der Waals surface area contributed by atoms with Gasteiger partial charge in [-0.3, -0.25) is 4.79 Å². The van der Waals surface area contributed by atoms with Crippen LogP contribution in [0.3, 0.4) is 0 Å². The molecule has 0 radical (unpaired) electrons. The van der Waals surface area contributed by atoms with Crippen LogP contribution in [0.25, 0.3) is 0 Å². The van der Waals surface area contributed by atoms with E-state index in [0.717, 1.165) is 30.5 Å². The Morgan fingerprint density at radius 2 is 2.13 bits per heavy atom. The minimum absolute atomic E-state index is 0.0306. The quantitative estimate of drug-likeness (QED) is 0.940. The van der Waals surface area contributed by atoms with Crippen LogP contribution in [-0.4, -0.2) is 35.0 Å². The molecule has 2 N–H and O–H groups in total. The second kappa shape index (κ2) is 7.24. The van der Waals surface area contributed by atoms with E-state index < -0.39 is 0 Å². The summed E-state index contributed by atoms with van der Waals surface area (Å²) in [5.74, 6) is 0.634. The van der Waals surface area contributed by atoms with Crippen molar-refractivity contribution in [1.29, 1.82) is 0 Å². The van der Waals surface area contributed by atoms with Gasteiger partial charge >= 0.3 is 0 Å². The minimum atomic E-state index is -0.0306. The fraction of sp³-hybridized carbons (Fsp3) is 0.333. The summed E-state index contributed by atoms with van der Waals surface area (Å²) in [6.07, 6.45) is 3.53. The molecule has 1 saturated heterocycles. The first-order valence-corrected chi connectivity index (χ1v) is 7.92. The van der Waals surface area contributed by atoms with Gasteiger partial charge in [0.25, 0.3) is 5.91 Å². The SMILES string of the molecule is NCc1ccnc(O[C@H]2CCCN(C(=O)c3ccccc3)C2)c1. The number of hydrogen-bond donors (Lipinski definition) is 1. The van der Waals surface area contributed by atoms with E-state index in [2.05, 4.69) is 4.98 Å². The largest absolute Gasteiger partial charge is 0.472 e. The van der Waals surface area contributed by atoms with Gasteiger partial charge in [-0.2, -0.15) is 0 Å². The number of ether oxygens (including phenoxy) is 1. The third kappa shape index (κ3) is 3.87. The Kier molecular flexibility index (Phi) is 4.88. The number of piperidine rings is 1. The average Bonchev–Trinajstić information content (AvgIpc) is 2.62. The third-order valence-electron chi connectivity index (χ3n) is 4.01. The monoisotopic (exact) mass is 311 g/mol. The summed E-state index contributed by atoms with van der Waals surface area (Å²) in [5.41, 5.74) is 7.35. The number of nitrogens with zero attached hydrogens (tertiary/aromatic N) is 2. The number of benzene rings is 1. The summed E-state index contributed by atoms with van der Waals surface area (Å²) < 4.78 is 5.95. The van der Waals surface area contributed by atoms with Gasteiger partial charge in [-0.15, -0.1) is 0 Å². The van der Waals surface area contributed by atoms with E-state index >= 15 is 0 Å². The van der Waals surface area contributed by atoms with Crippen molar-refractivity contribution in [3.8, 4) is 5.88 Å². The van der Waals surface area contributed by atoms with E-state index in [1.54, 1.807) is 6.20 Å². The second-order valence-corrected chi connectivity index (χ2v) is 5.71. The van der Waals surface area contributed by atoms with Crippen molar-refractivity contribution in [2.45, 2.75) is 25.5 Å². The van der Waals surface area contributed by atoms with E-state index in [4.69, 9.17) is 10.5 Å². The van der Waals surface area contributed by atoms with Crippen molar-refractivity contribution in [2.75, 3.05) is 13.1 Å². The molecule has 1 atom stereocenters. The Hall–Kier alpha value is -2.40. The highest BCUT2D eigenvalue weighted by Gasteiger charge is 2.25. The topological polar surface area (TPSA) is 68.5 Å². The van der Waals surface area contributed by atoms with Crippen LogP contribution in [0.2, 0.25) is 0 Å². The highest BCUT2D eigenvalue weighted by Crippen LogP contribution is 2.19. The molecule has 0 unspecified atom stereocenters. The molecule has 1 aromatic carbocycles. The molecule has 1 fully saturated rings. The van der Waals surface area contributed by atoms with E-state index in [0.29, 0.717) is 19.0 Å². The van der Waals surface area contributed by atoms with Crippen LogP contribution in [0, 0.1) is 0 Å². The smallest absolute Gasteiger partial charge is 0.253 e. The predicted octanol–water partition coefficient (Wildman–Crippen LogP) is 2.22. The molecule has 2 aromatic rings. The lowest BCUT2D eigenvalue weighted by molar-refractivity contribution is 0.0527. The molecule has 1 aliphatic rings. The Morgan fingerprint density at radius 3 is 2.91 bits per heavy atom. The molecule has 23 heavy (non-hydrogen) atoms. The minimum Gasteiger partial charge on any atom is -0.472 e. The number of likely N-dealkylation sites (tertiary alicyclic amines) is 1. The zero-order valence-corrected chi connectivity index (χ0v) is 13.0. The molecule has 5 nitrogen and oxygen atoms in total. The highest BCUT2D eigenvalue weighted by molar-refractivity contribution is 5.94. The summed E-state index contributed by atoms with van der Waals surface area (Å²) in [7, 11) is 0. The van der Waals surface area contributed by atoms with E-state index in [1.807, 2.05) is 47.4 Å². The number of carbonyl (C=O) groups is 1. The number of carbonyl (C=O) groups excluding carboxylic acids is 1. The normalized spacial score (nSPS) is 17.8. The number of rotatable bonds is 4. The van der Waals surface area contributed by atoms with Gasteiger partial charge in [-0.05, 0) is 36.6 Å². The summed E-state index contributed by atoms with van der Waals surface area (Å²) in [6.45, 7) is 1.81. The zero-order chi connectivity index (χ0) is 16.1. The Bertz CT molecular complexity index is 660. The molecule has 0 saturated carbocycles. The summed E-state index contributed by atoms with van der Waals surface area (Å²) in [5, 5.41) is 0. The summed E-state index contributed by atoms with van der Waals surface area (Å²) in [6, 6.07) is 13.1. The first-order chi connectivity index (χ1) is 11.3. The molecule has 3 rings (SSSR count). The standard InChI is InChI=1S/C18H21N3O2/c19-12-14-8-9-20-17(11-14)23-16-7-4-10-21(13-16)18(22)15-5-2-1-3-6-15/h1-3,5-6,8-9,11,16H,4,7,10,12-13,19H2/t16-/m0/s1. The van der Waals surface area contributed by atoms with Gasteiger partial charge in [0.2, 0.25) is 5.88 Å². The second-order valence-electron chi connectivity index (χ2n) is 5.71.